The summed E-state index contributed by atoms with van der Waals surface area (Å²) in [5.41, 5.74) is 1.90. The Balaban J connectivity index is 2.08. The number of amides is 1. The maximum Gasteiger partial charge on any atom is 0.307 e. The molecule has 2 atom stereocenters. The van der Waals surface area contributed by atoms with E-state index in [0.29, 0.717) is 18.8 Å². The number of hydrogen-bond donors (Lipinski definition) is 2. The lowest BCUT2D eigenvalue weighted by Crippen LogP contribution is -2.30. The Hall–Kier alpha value is -1.84. The SMILES string of the molecule is CC(C)c1cccc(NC(=O)C2CCCC2C(=O)O)c1. The van der Waals surface area contributed by atoms with Crippen molar-refractivity contribution >= 4 is 17.6 Å². The predicted octanol–water partition coefficient (Wildman–Crippen LogP) is 3.25. The van der Waals surface area contributed by atoms with E-state index in [4.69, 9.17) is 5.11 Å². The number of benzene rings is 1. The summed E-state index contributed by atoms with van der Waals surface area (Å²) >= 11 is 0. The lowest BCUT2D eigenvalue weighted by Gasteiger charge is -2.16. The van der Waals surface area contributed by atoms with Gasteiger partial charge >= 0.3 is 5.97 Å². The van der Waals surface area contributed by atoms with Crippen LogP contribution in [0.4, 0.5) is 5.69 Å². The Morgan fingerprint density at radius 1 is 1.25 bits per heavy atom. The highest BCUT2D eigenvalue weighted by Crippen LogP contribution is 2.33. The second kappa shape index (κ2) is 6.07. The van der Waals surface area contributed by atoms with Gasteiger partial charge in [0.25, 0.3) is 0 Å². The van der Waals surface area contributed by atoms with Gasteiger partial charge in [-0.05, 0) is 36.5 Å². The van der Waals surface area contributed by atoms with Crippen LogP contribution < -0.4 is 5.32 Å². The molecule has 1 saturated carbocycles. The van der Waals surface area contributed by atoms with E-state index in [1.54, 1.807) is 0 Å². The van der Waals surface area contributed by atoms with Crippen LogP contribution in [-0.2, 0) is 9.59 Å². The molecular formula is C16H21NO3. The van der Waals surface area contributed by atoms with Crippen molar-refractivity contribution in [3.63, 3.8) is 0 Å². The van der Waals surface area contributed by atoms with Crippen LogP contribution in [0.25, 0.3) is 0 Å². The van der Waals surface area contributed by atoms with Crippen molar-refractivity contribution in [1.29, 1.82) is 0 Å². The molecule has 2 N–H and O–H groups in total. The number of hydrogen-bond acceptors (Lipinski definition) is 2. The van der Waals surface area contributed by atoms with E-state index in [2.05, 4.69) is 19.2 Å². The third-order valence-electron chi connectivity index (χ3n) is 3.99. The molecule has 1 fully saturated rings. The van der Waals surface area contributed by atoms with Crippen LogP contribution in [0.5, 0.6) is 0 Å². The minimum atomic E-state index is -0.862. The molecule has 0 aromatic heterocycles. The van der Waals surface area contributed by atoms with Crippen LogP contribution in [0.3, 0.4) is 0 Å². The van der Waals surface area contributed by atoms with Gasteiger partial charge in [0, 0.05) is 5.69 Å². The Kier molecular flexibility index (Phi) is 4.42. The molecule has 0 heterocycles. The zero-order chi connectivity index (χ0) is 14.7. The Morgan fingerprint density at radius 2 is 1.95 bits per heavy atom. The van der Waals surface area contributed by atoms with Crippen LogP contribution in [-0.4, -0.2) is 17.0 Å². The largest absolute Gasteiger partial charge is 0.481 e. The normalized spacial score (nSPS) is 21.9. The molecule has 0 aliphatic heterocycles. The van der Waals surface area contributed by atoms with E-state index < -0.39 is 17.8 Å². The smallest absolute Gasteiger partial charge is 0.307 e. The van der Waals surface area contributed by atoms with Crippen LogP contribution in [0, 0.1) is 11.8 Å². The zero-order valence-corrected chi connectivity index (χ0v) is 11.9. The molecule has 0 saturated heterocycles. The average molecular weight is 275 g/mol. The van der Waals surface area contributed by atoms with E-state index in [1.807, 2.05) is 24.3 Å². The fraction of sp³-hybridized carbons (Fsp3) is 0.500. The van der Waals surface area contributed by atoms with E-state index in [-0.39, 0.29) is 5.91 Å². The molecule has 2 rings (SSSR count). The highest BCUT2D eigenvalue weighted by atomic mass is 16.4. The molecule has 20 heavy (non-hydrogen) atoms. The summed E-state index contributed by atoms with van der Waals surface area (Å²) in [4.78, 5) is 23.4. The maximum absolute atomic E-state index is 12.2. The molecule has 0 spiro atoms. The summed E-state index contributed by atoms with van der Waals surface area (Å²) < 4.78 is 0. The highest BCUT2D eigenvalue weighted by molar-refractivity contribution is 5.95. The topological polar surface area (TPSA) is 66.4 Å². The number of carbonyl (C=O) groups is 2. The minimum absolute atomic E-state index is 0.171. The van der Waals surface area contributed by atoms with Crippen molar-refractivity contribution in [2.24, 2.45) is 11.8 Å². The van der Waals surface area contributed by atoms with Crippen molar-refractivity contribution in [2.45, 2.75) is 39.0 Å². The van der Waals surface area contributed by atoms with Gasteiger partial charge in [0.1, 0.15) is 0 Å². The summed E-state index contributed by atoms with van der Waals surface area (Å²) in [7, 11) is 0. The molecule has 1 aliphatic carbocycles. The molecule has 2 unspecified atom stereocenters. The molecule has 1 aliphatic rings. The third kappa shape index (κ3) is 3.18. The van der Waals surface area contributed by atoms with Gasteiger partial charge in [-0.25, -0.2) is 0 Å². The third-order valence-corrected chi connectivity index (χ3v) is 3.99. The van der Waals surface area contributed by atoms with Gasteiger partial charge in [0.15, 0.2) is 0 Å². The monoisotopic (exact) mass is 275 g/mol. The average Bonchev–Trinajstić information content (AvgIpc) is 2.88. The fourth-order valence-electron chi connectivity index (χ4n) is 2.78. The van der Waals surface area contributed by atoms with Gasteiger partial charge in [-0.2, -0.15) is 0 Å². The molecule has 4 heteroatoms. The highest BCUT2D eigenvalue weighted by Gasteiger charge is 2.37. The van der Waals surface area contributed by atoms with Gasteiger partial charge in [-0.15, -0.1) is 0 Å². The molecule has 0 radical (unpaired) electrons. The first-order valence-electron chi connectivity index (χ1n) is 7.12. The first-order valence-corrected chi connectivity index (χ1v) is 7.12. The zero-order valence-electron chi connectivity index (χ0n) is 11.9. The quantitative estimate of drug-likeness (QED) is 0.886. The molecule has 1 amide bonds. The van der Waals surface area contributed by atoms with Crippen LogP contribution in [0.2, 0.25) is 0 Å². The summed E-state index contributed by atoms with van der Waals surface area (Å²) in [5.74, 6) is -1.59. The Morgan fingerprint density at radius 3 is 2.60 bits per heavy atom. The van der Waals surface area contributed by atoms with Gasteiger partial charge in [0.2, 0.25) is 5.91 Å². The van der Waals surface area contributed by atoms with Crippen molar-refractivity contribution in [3.05, 3.63) is 29.8 Å². The second-order valence-electron chi connectivity index (χ2n) is 5.75. The standard InChI is InChI=1S/C16H21NO3/c1-10(2)11-5-3-6-12(9-11)17-15(18)13-7-4-8-14(13)16(19)20/h3,5-6,9-10,13-14H,4,7-8H2,1-2H3,(H,17,18)(H,19,20). The summed E-state index contributed by atoms with van der Waals surface area (Å²) in [6.07, 6.45) is 2.06. The number of nitrogens with one attached hydrogen (secondary N) is 1. The number of aliphatic carboxylic acids is 1. The van der Waals surface area contributed by atoms with E-state index >= 15 is 0 Å². The van der Waals surface area contributed by atoms with Crippen LogP contribution in [0.15, 0.2) is 24.3 Å². The molecule has 1 aromatic rings. The first-order chi connectivity index (χ1) is 9.49. The number of rotatable bonds is 4. The lowest BCUT2D eigenvalue weighted by molar-refractivity contribution is -0.145. The van der Waals surface area contributed by atoms with Crippen molar-refractivity contribution in [2.75, 3.05) is 5.32 Å². The van der Waals surface area contributed by atoms with Crippen LogP contribution in [0.1, 0.15) is 44.6 Å². The Labute approximate surface area is 119 Å². The summed E-state index contributed by atoms with van der Waals surface area (Å²) in [6.45, 7) is 4.19. The van der Waals surface area contributed by atoms with Gasteiger partial charge in [0.05, 0.1) is 11.8 Å². The predicted molar refractivity (Wildman–Crippen MR) is 77.6 cm³/mol. The van der Waals surface area contributed by atoms with Crippen molar-refractivity contribution < 1.29 is 14.7 Å². The fourth-order valence-corrected chi connectivity index (χ4v) is 2.78. The van der Waals surface area contributed by atoms with Gasteiger partial charge in [-0.1, -0.05) is 32.4 Å². The molecule has 0 bridgehead atoms. The molecule has 108 valence electrons. The summed E-state index contributed by atoms with van der Waals surface area (Å²) in [5, 5.41) is 12.0. The van der Waals surface area contributed by atoms with E-state index in [0.717, 1.165) is 17.7 Å². The lowest BCUT2D eigenvalue weighted by atomic mass is 9.95. The van der Waals surface area contributed by atoms with E-state index in [1.165, 1.54) is 0 Å². The molecule has 4 nitrogen and oxygen atoms in total. The maximum atomic E-state index is 12.2. The summed E-state index contributed by atoms with van der Waals surface area (Å²) in [6, 6.07) is 7.73. The van der Waals surface area contributed by atoms with Crippen LogP contribution >= 0.6 is 0 Å². The molecular weight excluding hydrogens is 254 g/mol. The Bertz CT molecular complexity index is 510. The number of anilines is 1. The van der Waals surface area contributed by atoms with Gasteiger partial charge in [-0.3, -0.25) is 9.59 Å². The first kappa shape index (κ1) is 14.6. The second-order valence-corrected chi connectivity index (χ2v) is 5.75. The minimum Gasteiger partial charge on any atom is -0.481 e. The number of carboxylic acids is 1. The van der Waals surface area contributed by atoms with Gasteiger partial charge < -0.3 is 10.4 Å². The number of carbonyl (C=O) groups excluding carboxylic acids is 1. The van der Waals surface area contributed by atoms with E-state index in [9.17, 15) is 9.59 Å². The number of carboxylic acid groups (broad SMARTS) is 1. The van der Waals surface area contributed by atoms with Crippen molar-refractivity contribution in [3.8, 4) is 0 Å². The molecule has 1 aromatic carbocycles. The van der Waals surface area contributed by atoms with Crippen molar-refractivity contribution in [1.82, 2.24) is 0 Å².